The number of nitrogens with zero attached hydrogens (tertiary/aromatic N) is 1. The van der Waals surface area contributed by atoms with Crippen molar-refractivity contribution in [2.45, 2.75) is 36.7 Å². The van der Waals surface area contributed by atoms with Gasteiger partial charge in [-0.3, -0.25) is 0 Å². The van der Waals surface area contributed by atoms with Crippen LogP contribution in [-0.2, 0) is 10.0 Å². The molecule has 0 radical (unpaired) electrons. The van der Waals surface area contributed by atoms with E-state index in [1.807, 2.05) is 12.1 Å². The molecule has 112 valence electrons. The van der Waals surface area contributed by atoms with Crippen molar-refractivity contribution >= 4 is 15.7 Å². The number of benzene rings is 1. The van der Waals surface area contributed by atoms with Gasteiger partial charge in [0.1, 0.15) is 4.90 Å². The van der Waals surface area contributed by atoms with Crippen LogP contribution in [0.5, 0.6) is 0 Å². The van der Waals surface area contributed by atoms with E-state index in [4.69, 9.17) is 0 Å². The molecule has 1 heterocycles. The highest BCUT2D eigenvalue weighted by Crippen LogP contribution is 2.25. The van der Waals surface area contributed by atoms with Crippen LogP contribution in [0.15, 0.2) is 29.2 Å². The molecule has 2 unspecified atom stereocenters. The van der Waals surface area contributed by atoms with Gasteiger partial charge in [-0.05, 0) is 46.0 Å². The number of rotatable bonds is 4. The van der Waals surface area contributed by atoms with Crippen LogP contribution in [0.4, 0.5) is 5.69 Å². The summed E-state index contributed by atoms with van der Waals surface area (Å²) in [4.78, 5) is 2.64. The van der Waals surface area contributed by atoms with Crippen LogP contribution in [0.2, 0.25) is 0 Å². The minimum Gasteiger partial charge on any atom is -0.381 e. The maximum Gasteiger partial charge on any atom is 0.242 e. The van der Waals surface area contributed by atoms with Gasteiger partial charge in [0.05, 0.1) is 5.69 Å². The summed E-state index contributed by atoms with van der Waals surface area (Å²) in [5.41, 5.74) is 0.684. The Morgan fingerprint density at radius 1 is 1.30 bits per heavy atom. The predicted octanol–water partition coefficient (Wildman–Crippen LogP) is 1.49. The topological polar surface area (TPSA) is 61.4 Å². The summed E-state index contributed by atoms with van der Waals surface area (Å²) in [6, 6.07) is 7.88. The zero-order valence-electron chi connectivity index (χ0n) is 12.3. The molecule has 0 bridgehead atoms. The number of hydrogen-bond acceptors (Lipinski definition) is 4. The van der Waals surface area contributed by atoms with Gasteiger partial charge in [-0.25, -0.2) is 13.1 Å². The van der Waals surface area contributed by atoms with Gasteiger partial charge >= 0.3 is 0 Å². The summed E-state index contributed by atoms with van der Waals surface area (Å²) in [5, 5.41) is 3.40. The van der Waals surface area contributed by atoms with Gasteiger partial charge in [0.25, 0.3) is 0 Å². The van der Waals surface area contributed by atoms with Crippen molar-refractivity contribution in [2.75, 3.05) is 26.0 Å². The Labute approximate surface area is 121 Å². The predicted molar refractivity (Wildman–Crippen MR) is 81.4 cm³/mol. The van der Waals surface area contributed by atoms with Gasteiger partial charge in [0.15, 0.2) is 0 Å². The van der Waals surface area contributed by atoms with Gasteiger partial charge in [-0.2, -0.15) is 0 Å². The van der Waals surface area contributed by atoms with E-state index in [0.717, 1.165) is 19.4 Å². The molecule has 0 aliphatic carbocycles. The van der Waals surface area contributed by atoms with Crippen molar-refractivity contribution in [1.82, 2.24) is 9.62 Å². The molecule has 1 fully saturated rings. The molecule has 0 amide bonds. The Morgan fingerprint density at radius 3 is 2.65 bits per heavy atom. The first kappa shape index (κ1) is 15.3. The third-order valence-electron chi connectivity index (χ3n) is 4.01. The highest BCUT2D eigenvalue weighted by Gasteiger charge is 2.24. The van der Waals surface area contributed by atoms with Gasteiger partial charge in [-0.15, -0.1) is 0 Å². The lowest BCUT2D eigenvalue weighted by Crippen LogP contribution is -2.42. The minimum absolute atomic E-state index is 0.314. The van der Waals surface area contributed by atoms with Crippen LogP contribution in [-0.4, -0.2) is 46.0 Å². The van der Waals surface area contributed by atoms with Crippen LogP contribution >= 0.6 is 0 Å². The molecule has 20 heavy (non-hydrogen) atoms. The Balaban J connectivity index is 2.18. The normalized spacial score (nSPS) is 24.6. The Morgan fingerprint density at radius 2 is 2.00 bits per heavy atom. The van der Waals surface area contributed by atoms with Crippen LogP contribution in [0.1, 0.15) is 19.8 Å². The monoisotopic (exact) mass is 297 g/mol. The second kappa shape index (κ2) is 6.11. The Bertz CT molecular complexity index is 559. The van der Waals surface area contributed by atoms with Crippen molar-refractivity contribution in [3.05, 3.63) is 24.3 Å². The molecular formula is C14H23N3O2S. The number of hydrogen-bond donors (Lipinski definition) is 2. The lowest BCUT2D eigenvalue weighted by atomic mass is 9.99. The summed E-state index contributed by atoms with van der Waals surface area (Å²) in [7, 11) is 0.133. The third-order valence-corrected chi connectivity index (χ3v) is 5.49. The molecule has 1 aliphatic rings. The summed E-state index contributed by atoms with van der Waals surface area (Å²) in [6.45, 7) is 3.23. The van der Waals surface area contributed by atoms with E-state index in [2.05, 4.69) is 28.9 Å². The summed E-state index contributed by atoms with van der Waals surface area (Å²) >= 11 is 0. The number of likely N-dealkylation sites (tertiary alicyclic amines) is 1. The maximum absolute atomic E-state index is 12.0. The highest BCUT2D eigenvalue weighted by atomic mass is 32.2. The number of piperidine rings is 1. The van der Waals surface area contributed by atoms with Crippen molar-refractivity contribution < 1.29 is 8.42 Å². The number of nitrogens with one attached hydrogen (secondary N) is 2. The first-order valence-electron chi connectivity index (χ1n) is 6.93. The molecule has 5 nitrogen and oxygen atoms in total. The smallest absolute Gasteiger partial charge is 0.242 e. The molecule has 0 aromatic heterocycles. The van der Waals surface area contributed by atoms with Crippen LogP contribution in [0.25, 0.3) is 0 Å². The van der Waals surface area contributed by atoms with E-state index < -0.39 is 10.0 Å². The minimum atomic E-state index is -3.43. The van der Waals surface area contributed by atoms with Crippen LogP contribution < -0.4 is 10.0 Å². The van der Waals surface area contributed by atoms with Crippen LogP contribution in [0.3, 0.4) is 0 Å². The lowest BCUT2D eigenvalue weighted by molar-refractivity contribution is 0.190. The average molecular weight is 297 g/mol. The van der Waals surface area contributed by atoms with E-state index >= 15 is 0 Å². The van der Waals surface area contributed by atoms with E-state index in [1.54, 1.807) is 12.1 Å². The largest absolute Gasteiger partial charge is 0.381 e. The van der Waals surface area contributed by atoms with E-state index in [0.29, 0.717) is 22.7 Å². The second-order valence-electron chi connectivity index (χ2n) is 5.40. The van der Waals surface area contributed by atoms with Gasteiger partial charge in [-0.1, -0.05) is 12.1 Å². The fraction of sp³-hybridized carbons (Fsp3) is 0.571. The second-order valence-corrected chi connectivity index (χ2v) is 7.25. The summed E-state index contributed by atoms with van der Waals surface area (Å²) in [5.74, 6) is 0. The number of sulfonamides is 1. The van der Waals surface area contributed by atoms with Gasteiger partial charge in [0.2, 0.25) is 10.0 Å². The molecule has 2 atom stereocenters. The van der Waals surface area contributed by atoms with E-state index in [9.17, 15) is 8.42 Å². The van der Waals surface area contributed by atoms with Crippen molar-refractivity contribution in [3.8, 4) is 0 Å². The first-order chi connectivity index (χ1) is 9.44. The molecule has 2 rings (SSSR count). The molecule has 1 saturated heterocycles. The van der Waals surface area contributed by atoms with Crippen molar-refractivity contribution in [2.24, 2.45) is 0 Å². The molecule has 1 aromatic carbocycles. The molecule has 2 N–H and O–H groups in total. The third kappa shape index (κ3) is 3.31. The SMILES string of the molecule is CNS(=O)(=O)c1ccccc1NC1CCN(C)C(C)C1. The van der Waals surface area contributed by atoms with Gasteiger partial charge < -0.3 is 10.2 Å². The lowest BCUT2D eigenvalue weighted by Gasteiger charge is -2.36. The maximum atomic E-state index is 12.0. The summed E-state index contributed by atoms with van der Waals surface area (Å²) in [6.07, 6.45) is 2.04. The molecule has 1 aliphatic heterocycles. The Hall–Kier alpha value is -1.11. The molecule has 6 heteroatoms. The number of anilines is 1. The van der Waals surface area contributed by atoms with Crippen molar-refractivity contribution in [1.29, 1.82) is 0 Å². The fourth-order valence-corrected chi connectivity index (χ4v) is 3.46. The quantitative estimate of drug-likeness (QED) is 0.884. The highest BCUT2D eigenvalue weighted by molar-refractivity contribution is 7.89. The fourth-order valence-electron chi connectivity index (χ4n) is 2.57. The van der Waals surface area contributed by atoms with Crippen LogP contribution in [0, 0.1) is 0 Å². The number of para-hydroxylation sites is 1. The Kier molecular flexibility index (Phi) is 4.67. The van der Waals surface area contributed by atoms with E-state index in [1.165, 1.54) is 7.05 Å². The average Bonchev–Trinajstić information content (AvgIpc) is 2.43. The van der Waals surface area contributed by atoms with E-state index in [-0.39, 0.29) is 0 Å². The standard InChI is InChI=1S/C14H23N3O2S/c1-11-10-12(8-9-17(11)3)16-13-6-4-5-7-14(13)20(18,19)15-2/h4-7,11-12,15-16H,8-10H2,1-3H3. The molecule has 0 saturated carbocycles. The zero-order chi connectivity index (χ0) is 14.8. The van der Waals surface area contributed by atoms with Crippen molar-refractivity contribution in [3.63, 3.8) is 0 Å². The molecule has 1 aromatic rings. The molecule has 0 spiro atoms. The first-order valence-corrected chi connectivity index (χ1v) is 8.41. The zero-order valence-corrected chi connectivity index (χ0v) is 13.1. The molecular weight excluding hydrogens is 274 g/mol. The summed E-state index contributed by atoms with van der Waals surface area (Å²) < 4.78 is 26.4. The van der Waals surface area contributed by atoms with Gasteiger partial charge in [0, 0.05) is 18.6 Å².